The van der Waals surface area contributed by atoms with Crippen LogP contribution in [0.25, 0.3) is 33.0 Å². The van der Waals surface area contributed by atoms with Crippen LogP contribution >= 0.6 is 13.5 Å². The molecule has 4 aromatic carbocycles. The molecular formula is C23H19F3S. The highest BCUT2D eigenvalue weighted by atomic mass is 32.1. The van der Waals surface area contributed by atoms with Gasteiger partial charge in [0, 0.05) is 0 Å². The molecule has 0 heterocycles. The van der Waals surface area contributed by atoms with Gasteiger partial charge in [0.2, 0.25) is 0 Å². The molecule has 27 heavy (non-hydrogen) atoms. The molecule has 0 nitrogen and oxygen atoms in total. The lowest BCUT2D eigenvalue weighted by Crippen LogP contribution is -1.86. The van der Waals surface area contributed by atoms with Crippen molar-refractivity contribution in [2.75, 3.05) is 0 Å². The van der Waals surface area contributed by atoms with Crippen LogP contribution in [-0.2, 0) is 0 Å². The van der Waals surface area contributed by atoms with Crippen molar-refractivity contribution in [1.29, 1.82) is 0 Å². The predicted octanol–water partition coefficient (Wildman–Crippen LogP) is 7.47. The maximum atomic E-state index is 9.67. The quantitative estimate of drug-likeness (QED) is 0.336. The molecule has 0 aliphatic heterocycles. The summed E-state index contributed by atoms with van der Waals surface area (Å²) >= 11 is 0. The lowest BCUT2D eigenvalue weighted by molar-refractivity contribution is 0.00819. The maximum absolute atomic E-state index is 9.67. The molecule has 0 N–H and O–H groups in total. The van der Waals surface area contributed by atoms with Gasteiger partial charge < -0.3 is 0 Å². The average molecular weight is 384 g/mol. The van der Waals surface area contributed by atoms with Crippen LogP contribution in [0.1, 0.15) is 0 Å². The highest BCUT2D eigenvalue weighted by molar-refractivity contribution is 7.59. The topological polar surface area (TPSA) is 0 Å². The van der Waals surface area contributed by atoms with Crippen LogP contribution in [0.4, 0.5) is 13.2 Å². The van der Waals surface area contributed by atoms with Gasteiger partial charge in [-0.3, -0.25) is 0 Å². The summed E-state index contributed by atoms with van der Waals surface area (Å²) in [6.07, 6.45) is 0. The minimum absolute atomic E-state index is 0. The summed E-state index contributed by atoms with van der Waals surface area (Å²) in [7, 11) is 0. The number of rotatable bonds is 2. The van der Waals surface area contributed by atoms with Crippen LogP contribution in [0.3, 0.4) is 0 Å². The Hall–Kier alpha value is -2.72. The Morgan fingerprint density at radius 2 is 0.963 bits per heavy atom. The van der Waals surface area contributed by atoms with Gasteiger partial charge in [0.1, 0.15) is 0 Å². The molecule has 138 valence electrons. The molecule has 0 fully saturated rings. The van der Waals surface area contributed by atoms with Gasteiger partial charge >= 0.3 is 6.68 Å². The van der Waals surface area contributed by atoms with Crippen molar-refractivity contribution in [2.45, 2.75) is 6.68 Å². The van der Waals surface area contributed by atoms with Crippen LogP contribution in [-0.4, -0.2) is 6.68 Å². The van der Waals surface area contributed by atoms with Crippen molar-refractivity contribution >= 4 is 24.3 Å². The van der Waals surface area contributed by atoms with E-state index >= 15 is 0 Å². The Balaban J connectivity index is 0.000000479. The van der Waals surface area contributed by atoms with Gasteiger partial charge in [-0.15, -0.1) is 0 Å². The first-order chi connectivity index (χ1) is 12.7. The van der Waals surface area contributed by atoms with E-state index in [2.05, 4.69) is 97.1 Å². The Kier molecular flexibility index (Phi) is 7.50. The summed E-state index contributed by atoms with van der Waals surface area (Å²) in [5, 5.41) is 2.58. The second-order valence-electron chi connectivity index (χ2n) is 5.69. The second kappa shape index (κ2) is 9.83. The van der Waals surface area contributed by atoms with Gasteiger partial charge in [-0.05, 0) is 33.0 Å². The number of fused-ring (bicyclic) bond motifs is 1. The van der Waals surface area contributed by atoms with Crippen LogP contribution in [0, 0.1) is 0 Å². The summed E-state index contributed by atoms with van der Waals surface area (Å²) in [6.45, 7) is -3.67. The highest BCUT2D eigenvalue weighted by Crippen LogP contribution is 2.35. The zero-order chi connectivity index (χ0) is 18.4. The summed E-state index contributed by atoms with van der Waals surface area (Å²) in [6, 6.07) is 34.3. The number of hydrogen-bond acceptors (Lipinski definition) is 0. The number of alkyl halides is 3. The Bertz CT molecular complexity index is 977. The van der Waals surface area contributed by atoms with Gasteiger partial charge in [-0.2, -0.15) is 26.7 Å². The third kappa shape index (κ3) is 5.14. The van der Waals surface area contributed by atoms with Gasteiger partial charge in [0.15, 0.2) is 0 Å². The normalized spacial score (nSPS) is 10.1. The third-order valence-corrected chi connectivity index (χ3v) is 4.09. The van der Waals surface area contributed by atoms with E-state index in [-0.39, 0.29) is 13.5 Å². The van der Waals surface area contributed by atoms with Gasteiger partial charge in [-0.25, -0.2) is 0 Å². The minimum Gasteiger partial charge on any atom is -0.197 e. The van der Waals surface area contributed by atoms with Gasteiger partial charge in [0.05, 0.1) is 0 Å². The van der Waals surface area contributed by atoms with E-state index in [4.69, 9.17) is 0 Å². The van der Waals surface area contributed by atoms with E-state index in [0.717, 1.165) is 0 Å². The standard InChI is InChI=1S/C22H16.CHF3.H2S/c1-2-9-17(10-3-1)19-14-6-7-15-21(19)22-16-8-12-18-11-4-5-13-20(18)22;2-1(3)4;/h1-16H;1H;1H2. The summed E-state index contributed by atoms with van der Waals surface area (Å²) < 4.78 is 29.0. The highest BCUT2D eigenvalue weighted by Gasteiger charge is 2.09. The molecule has 0 aliphatic rings. The van der Waals surface area contributed by atoms with Crippen molar-refractivity contribution in [3.8, 4) is 22.3 Å². The summed E-state index contributed by atoms with van der Waals surface area (Å²) in [4.78, 5) is 0. The van der Waals surface area contributed by atoms with E-state index in [1.807, 2.05) is 0 Å². The maximum Gasteiger partial charge on any atom is 0.379 e. The second-order valence-corrected chi connectivity index (χ2v) is 5.69. The number of halogens is 3. The molecule has 0 atom stereocenters. The SMILES string of the molecule is FC(F)F.S.c1ccc(-c2ccccc2-c2cccc3ccccc23)cc1. The van der Waals surface area contributed by atoms with Crippen molar-refractivity contribution in [2.24, 2.45) is 0 Å². The van der Waals surface area contributed by atoms with Crippen molar-refractivity contribution < 1.29 is 13.2 Å². The fourth-order valence-corrected chi connectivity index (χ4v) is 3.05. The van der Waals surface area contributed by atoms with Crippen LogP contribution in [0.15, 0.2) is 97.1 Å². The zero-order valence-electron chi connectivity index (χ0n) is 14.4. The number of hydrogen-bond donors (Lipinski definition) is 0. The minimum atomic E-state index is -3.67. The van der Waals surface area contributed by atoms with Crippen molar-refractivity contribution in [3.05, 3.63) is 97.1 Å². The van der Waals surface area contributed by atoms with E-state index < -0.39 is 6.68 Å². The Labute approximate surface area is 163 Å². The molecule has 0 spiro atoms. The molecule has 4 rings (SSSR count). The lowest BCUT2D eigenvalue weighted by atomic mass is 9.91. The first-order valence-corrected chi connectivity index (χ1v) is 8.21. The van der Waals surface area contributed by atoms with Gasteiger partial charge in [-0.1, -0.05) is 97.1 Å². The van der Waals surface area contributed by atoms with E-state index in [9.17, 15) is 13.2 Å². The van der Waals surface area contributed by atoms with Crippen LogP contribution in [0.2, 0.25) is 0 Å². The van der Waals surface area contributed by atoms with Crippen LogP contribution < -0.4 is 0 Å². The fraction of sp³-hybridized carbons (Fsp3) is 0.0435. The first kappa shape index (κ1) is 20.6. The molecular weight excluding hydrogens is 365 g/mol. The summed E-state index contributed by atoms with van der Waals surface area (Å²) in [5.41, 5.74) is 5.11. The predicted molar refractivity (Wildman–Crippen MR) is 112 cm³/mol. The Morgan fingerprint density at radius 1 is 0.481 bits per heavy atom. The monoisotopic (exact) mass is 384 g/mol. The Morgan fingerprint density at radius 3 is 1.67 bits per heavy atom. The molecule has 0 aromatic heterocycles. The van der Waals surface area contributed by atoms with Gasteiger partial charge in [0.25, 0.3) is 0 Å². The smallest absolute Gasteiger partial charge is 0.197 e. The summed E-state index contributed by atoms with van der Waals surface area (Å²) in [5.74, 6) is 0. The largest absolute Gasteiger partial charge is 0.379 e. The van der Waals surface area contributed by atoms with E-state index in [1.54, 1.807) is 0 Å². The lowest BCUT2D eigenvalue weighted by Gasteiger charge is -2.12. The molecule has 4 heteroatoms. The molecule has 4 aromatic rings. The molecule has 0 amide bonds. The zero-order valence-corrected chi connectivity index (χ0v) is 15.4. The van der Waals surface area contributed by atoms with Crippen molar-refractivity contribution in [1.82, 2.24) is 0 Å². The number of benzene rings is 4. The molecule has 0 saturated heterocycles. The molecule has 0 bridgehead atoms. The average Bonchev–Trinajstić information content (AvgIpc) is 2.68. The molecule has 0 unspecified atom stereocenters. The third-order valence-electron chi connectivity index (χ3n) is 4.09. The van der Waals surface area contributed by atoms with E-state index in [0.29, 0.717) is 0 Å². The molecule has 0 radical (unpaired) electrons. The van der Waals surface area contributed by atoms with Crippen LogP contribution in [0.5, 0.6) is 0 Å². The molecule has 0 aliphatic carbocycles. The first-order valence-electron chi connectivity index (χ1n) is 8.21. The fourth-order valence-electron chi connectivity index (χ4n) is 3.05. The molecule has 0 saturated carbocycles. The van der Waals surface area contributed by atoms with Crippen molar-refractivity contribution in [3.63, 3.8) is 0 Å². The van der Waals surface area contributed by atoms with E-state index in [1.165, 1.54) is 33.0 Å².